The molecule has 0 atom stereocenters. The molecule has 0 bridgehead atoms. The summed E-state index contributed by atoms with van der Waals surface area (Å²) in [4.78, 5) is 24.5. The molecule has 1 N–H and O–H groups in total. The zero-order valence-electron chi connectivity index (χ0n) is 16.8. The van der Waals surface area contributed by atoms with Crippen molar-refractivity contribution >= 4 is 16.9 Å². The molecule has 0 aliphatic rings. The van der Waals surface area contributed by atoms with E-state index in [0.29, 0.717) is 33.7 Å². The van der Waals surface area contributed by atoms with Crippen LogP contribution in [0.25, 0.3) is 10.9 Å². The Morgan fingerprint density at radius 2 is 1.72 bits per heavy atom. The van der Waals surface area contributed by atoms with E-state index in [-0.39, 0.29) is 18.4 Å². The van der Waals surface area contributed by atoms with Crippen molar-refractivity contribution in [2.75, 3.05) is 21.3 Å². The predicted molar refractivity (Wildman–Crippen MR) is 109 cm³/mol. The Kier molecular flexibility index (Phi) is 5.77. The van der Waals surface area contributed by atoms with Gasteiger partial charge in [-0.15, -0.1) is 0 Å². The summed E-state index contributed by atoms with van der Waals surface area (Å²) >= 11 is 0. The number of carboxylic acids is 1. The summed E-state index contributed by atoms with van der Waals surface area (Å²) in [5, 5.41) is 9.78. The van der Waals surface area contributed by atoms with Crippen LogP contribution < -0.4 is 19.6 Å². The molecule has 0 unspecified atom stereocenters. The van der Waals surface area contributed by atoms with Crippen molar-refractivity contribution in [2.45, 2.75) is 19.9 Å². The smallest absolute Gasteiger partial charge is 0.323 e. The van der Waals surface area contributed by atoms with Gasteiger partial charge in [-0.05, 0) is 25.1 Å². The number of hydrogen-bond acceptors (Lipinski definition) is 5. The molecule has 152 valence electrons. The van der Waals surface area contributed by atoms with Gasteiger partial charge in [-0.1, -0.05) is 17.7 Å². The molecule has 0 amide bonds. The fourth-order valence-corrected chi connectivity index (χ4v) is 3.48. The average molecular weight is 397 g/mol. The van der Waals surface area contributed by atoms with Crippen LogP contribution in [0.5, 0.6) is 17.2 Å². The van der Waals surface area contributed by atoms with Crippen molar-refractivity contribution in [3.63, 3.8) is 0 Å². The van der Waals surface area contributed by atoms with Crippen LogP contribution in [0, 0.1) is 6.92 Å². The van der Waals surface area contributed by atoms with E-state index in [1.54, 1.807) is 29.0 Å². The summed E-state index contributed by atoms with van der Waals surface area (Å²) in [6.45, 7) is 1.65. The third-order valence-electron chi connectivity index (χ3n) is 4.78. The zero-order valence-corrected chi connectivity index (χ0v) is 16.8. The highest BCUT2D eigenvalue weighted by atomic mass is 16.5. The number of carboxylic acid groups (broad SMARTS) is 1. The summed E-state index contributed by atoms with van der Waals surface area (Å²) < 4.78 is 17.8. The number of nitrogens with zero attached hydrogens (tertiary/aromatic N) is 1. The highest BCUT2D eigenvalue weighted by Crippen LogP contribution is 2.40. The first-order chi connectivity index (χ1) is 13.9. The molecule has 7 heteroatoms. The largest absolute Gasteiger partial charge is 0.493 e. The number of methoxy groups -OCH3 is 3. The fraction of sp³-hybridized carbons (Fsp3) is 0.273. The number of fused-ring (bicyclic) bond motifs is 1. The maximum absolute atomic E-state index is 13.1. The van der Waals surface area contributed by atoms with Crippen LogP contribution in [-0.4, -0.2) is 37.0 Å². The van der Waals surface area contributed by atoms with Crippen LogP contribution in [0.2, 0.25) is 0 Å². The summed E-state index contributed by atoms with van der Waals surface area (Å²) in [5.41, 5.74) is 2.58. The normalized spacial score (nSPS) is 10.8. The fourth-order valence-electron chi connectivity index (χ4n) is 3.48. The van der Waals surface area contributed by atoms with Crippen molar-refractivity contribution in [1.29, 1.82) is 0 Å². The second-order valence-electron chi connectivity index (χ2n) is 6.70. The van der Waals surface area contributed by atoms with Gasteiger partial charge in [0.1, 0.15) is 6.54 Å². The number of aliphatic carboxylic acids is 1. The van der Waals surface area contributed by atoms with Crippen LogP contribution >= 0.6 is 0 Å². The minimum Gasteiger partial charge on any atom is -0.493 e. The summed E-state index contributed by atoms with van der Waals surface area (Å²) in [6.07, 6.45) is 1.86. The third-order valence-corrected chi connectivity index (χ3v) is 4.78. The lowest BCUT2D eigenvalue weighted by Crippen LogP contribution is -2.18. The summed E-state index contributed by atoms with van der Waals surface area (Å²) in [7, 11) is 4.57. The molecule has 0 fully saturated rings. The Morgan fingerprint density at radius 3 is 2.34 bits per heavy atom. The molecule has 7 nitrogen and oxygen atoms in total. The summed E-state index contributed by atoms with van der Waals surface area (Å²) in [6, 6.07) is 8.97. The molecule has 0 saturated carbocycles. The van der Waals surface area contributed by atoms with E-state index in [9.17, 15) is 14.7 Å². The van der Waals surface area contributed by atoms with Crippen molar-refractivity contribution in [3.05, 3.63) is 63.4 Å². The Balaban J connectivity index is 2.19. The Hall–Kier alpha value is -3.48. The Morgan fingerprint density at radius 1 is 1.00 bits per heavy atom. The number of rotatable bonds is 7. The van der Waals surface area contributed by atoms with Crippen molar-refractivity contribution in [3.8, 4) is 17.2 Å². The standard InChI is InChI=1S/C22H23NO6/c1-13-5-7-17-16(9-13)20(26)15(11-23(17)12-19(24)25)10-14-6-8-18(27-2)22(29-4)21(14)28-3/h5-9,11H,10,12H2,1-4H3,(H,24,25). The number of carbonyl (C=O) groups is 1. The topological polar surface area (TPSA) is 87.0 Å². The number of ether oxygens (including phenoxy) is 3. The maximum Gasteiger partial charge on any atom is 0.323 e. The van der Waals surface area contributed by atoms with Gasteiger partial charge in [-0.3, -0.25) is 9.59 Å². The van der Waals surface area contributed by atoms with E-state index in [2.05, 4.69) is 0 Å². The van der Waals surface area contributed by atoms with Gasteiger partial charge >= 0.3 is 5.97 Å². The molecule has 3 aromatic rings. The van der Waals surface area contributed by atoms with Gasteiger partial charge in [-0.2, -0.15) is 0 Å². The van der Waals surface area contributed by atoms with Gasteiger partial charge in [0.25, 0.3) is 0 Å². The lowest BCUT2D eigenvalue weighted by Gasteiger charge is -2.17. The zero-order chi connectivity index (χ0) is 21.1. The number of aryl methyl sites for hydroxylation is 1. The first-order valence-electron chi connectivity index (χ1n) is 9.02. The Labute approximate surface area is 168 Å². The third kappa shape index (κ3) is 3.89. The lowest BCUT2D eigenvalue weighted by atomic mass is 10.0. The molecule has 2 aromatic carbocycles. The van der Waals surface area contributed by atoms with Crippen molar-refractivity contribution < 1.29 is 24.1 Å². The van der Waals surface area contributed by atoms with E-state index < -0.39 is 5.97 Å². The molecule has 0 aliphatic carbocycles. The molecule has 3 rings (SSSR count). The van der Waals surface area contributed by atoms with Gasteiger partial charge in [0.15, 0.2) is 16.9 Å². The second-order valence-corrected chi connectivity index (χ2v) is 6.70. The molecular weight excluding hydrogens is 374 g/mol. The molecule has 0 saturated heterocycles. The summed E-state index contributed by atoms with van der Waals surface area (Å²) in [5.74, 6) is 0.450. The molecular formula is C22H23NO6. The van der Waals surface area contributed by atoms with E-state index in [1.165, 1.54) is 21.3 Å². The van der Waals surface area contributed by atoms with Crippen LogP contribution in [0.3, 0.4) is 0 Å². The molecule has 0 radical (unpaired) electrons. The second kappa shape index (κ2) is 8.26. The lowest BCUT2D eigenvalue weighted by molar-refractivity contribution is -0.137. The number of hydrogen-bond donors (Lipinski definition) is 1. The molecule has 1 heterocycles. The maximum atomic E-state index is 13.1. The van der Waals surface area contributed by atoms with Gasteiger partial charge in [0.05, 0.1) is 26.8 Å². The highest BCUT2D eigenvalue weighted by molar-refractivity contribution is 5.82. The van der Waals surface area contributed by atoms with Crippen LogP contribution in [0.15, 0.2) is 41.3 Å². The minimum atomic E-state index is -0.981. The van der Waals surface area contributed by atoms with Crippen LogP contribution in [0.4, 0.5) is 0 Å². The van der Waals surface area contributed by atoms with Crippen LogP contribution in [0.1, 0.15) is 16.7 Å². The Bertz CT molecular complexity index is 1130. The van der Waals surface area contributed by atoms with Crippen molar-refractivity contribution in [1.82, 2.24) is 4.57 Å². The van der Waals surface area contributed by atoms with E-state index in [0.717, 1.165) is 11.1 Å². The van der Waals surface area contributed by atoms with Gasteiger partial charge < -0.3 is 23.9 Å². The first kappa shape index (κ1) is 20.3. The molecule has 0 spiro atoms. The van der Waals surface area contributed by atoms with Crippen molar-refractivity contribution in [2.24, 2.45) is 0 Å². The minimum absolute atomic E-state index is 0.137. The SMILES string of the molecule is COc1ccc(Cc2cn(CC(=O)O)c3ccc(C)cc3c2=O)c(OC)c1OC. The number of pyridine rings is 1. The van der Waals surface area contributed by atoms with E-state index in [1.807, 2.05) is 19.1 Å². The number of aromatic nitrogens is 1. The van der Waals surface area contributed by atoms with E-state index in [4.69, 9.17) is 14.2 Å². The van der Waals surface area contributed by atoms with Gasteiger partial charge in [0.2, 0.25) is 5.75 Å². The molecule has 0 aliphatic heterocycles. The van der Waals surface area contributed by atoms with Crippen LogP contribution in [-0.2, 0) is 17.8 Å². The monoisotopic (exact) mass is 397 g/mol. The van der Waals surface area contributed by atoms with E-state index >= 15 is 0 Å². The average Bonchev–Trinajstić information content (AvgIpc) is 2.70. The van der Waals surface area contributed by atoms with Gasteiger partial charge in [0, 0.05) is 29.1 Å². The predicted octanol–water partition coefficient (Wildman–Crippen LogP) is 3.01. The van der Waals surface area contributed by atoms with Gasteiger partial charge in [-0.25, -0.2) is 0 Å². The molecule has 1 aromatic heterocycles. The molecule has 29 heavy (non-hydrogen) atoms. The first-order valence-corrected chi connectivity index (χ1v) is 9.02. The quantitative estimate of drug-likeness (QED) is 0.660. The number of benzene rings is 2. The highest BCUT2D eigenvalue weighted by Gasteiger charge is 2.18.